The minimum atomic E-state index is -0.250. The second-order valence-corrected chi connectivity index (χ2v) is 1.49. The Morgan fingerprint density at radius 3 is 2.67 bits per heavy atom. The van der Waals surface area contributed by atoms with Crippen molar-refractivity contribution in [2.45, 2.75) is 6.92 Å². The van der Waals surface area contributed by atoms with Gasteiger partial charge in [-0.05, 0) is 6.92 Å². The van der Waals surface area contributed by atoms with Crippen LogP contribution in [0.3, 0.4) is 0 Å². The van der Waals surface area contributed by atoms with E-state index in [9.17, 15) is 4.79 Å². The van der Waals surface area contributed by atoms with E-state index in [1.165, 1.54) is 7.11 Å². The number of carbonyl (C=O) groups excluding carboxylic acids is 1. The van der Waals surface area contributed by atoms with Crippen molar-refractivity contribution >= 4 is 5.91 Å². The normalized spacial score (nSPS) is 8.22. The van der Waals surface area contributed by atoms with Crippen LogP contribution in [-0.4, -0.2) is 19.6 Å². The number of rotatable bonds is 3. The first kappa shape index (κ1) is 8.01. The molecule has 0 aromatic heterocycles. The van der Waals surface area contributed by atoms with Gasteiger partial charge in [0.25, 0.3) is 5.91 Å². The lowest BCUT2D eigenvalue weighted by Crippen LogP contribution is -2.24. The van der Waals surface area contributed by atoms with Gasteiger partial charge in [0.2, 0.25) is 0 Å². The number of methoxy groups -OCH3 is 1. The largest absolute Gasteiger partial charge is 0.492 e. The molecular formula is C6H11NO2. The van der Waals surface area contributed by atoms with Crippen LogP contribution < -0.4 is 5.32 Å². The molecule has 0 fully saturated rings. The van der Waals surface area contributed by atoms with E-state index in [0.29, 0.717) is 6.54 Å². The molecule has 0 aromatic carbocycles. The molecule has 3 heteroatoms. The van der Waals surface area contributed by atoms with Crippen LogP contribution in [0.4, 0.5) is 0 Å². The lowest BCUT2D eigenvalue weighted by Gasteiger charge is -2.01. The summed E-state index contributed by atoms with van der Waals surface area (Å²) in [7, 11) is 1.41. The minimum absolute atomic E-state index is 0.150. The predicted molar refractivity (Wildman–Crippen MR) is 34.8 cm³/mol. The SMILES string of the molecule is C=C(OC)C(=O)NCC. The van der Waals surface area contributed by atoms with Crippen LogP contribution >= 0.6 is 0 Å². The molecular weight excluding hydrogens is 118 g/mol. The molecule has 0 unspecified atom stereocenters. The quantitative estimate of drug-likeness (QED) is 0.439. The first-order valence-corrected chi connectivity index (χ1v) is 2.73. The summed E-state index contributed by atoms with van der Waals surface area (Å²) in [6, 6.07) is 0. The number of ether oxygens (including phenoxy) is 1. The zero-order valence-electron chi connectivity index (χ0n) is 5.73. The summed E-state index contributed by atoms with van der Waals surface area (Å²) in [5.74, 6) is -0.100. The summed E-state index contributed by atoms with van der Waals surface area (Å²) in [4.78, 5) is 10.6. The van der Waals surface area contributed by atoms with Gasteiger partial charge in [-0.15, -0.1) is 0 Å². The molecule has 0 aliphatic heterocycles. The van der Waals surface area contributed by atoms with Gasteiger partial charge >= 0.3 is 0 Å². The van der Waals surface area contributed by atoms with E-state index in [2.05, 4.69) is 16.6 Å². The zero-order chi connectivity index (χ0) is 7.28. The Kier molecular flexibility index (Phi) is 3.51. The monoisotopic (exact) mass is 129 g/mol. The number of nitrogens with one attached hydrogen (secondary N) is 1. The molecule has 0 aromatic rings. The molecule has 0 radical (unpaired) electrons. The highest BCUT2D eigenvalue weighted by Crippen LogP contribution is 1.87. The molecule has 0 atom stereocenters. The molecule has 0 saturated heterocycles. The van der Waals surface area contributed by atoms with Gasteiger partial charge in [-0.25, -0.2) is 0 Å². The Morgan fingerprint density at radius 2 is 2.33 bits per heavy atom. The minimum Gasteiger partial charge on any atom is -0.492 e. The highest BCUT2D eigenvalue weighted by molar-refractivity contribution is 5.90. The Balaban J connectivity index is 3.60. The lowest BCUT2D eigenvalue weighted by molar-refractivity contribution is -0.120. The molecule has 1 amide bonds. The number of amides is 1. The lowest BCUT2D eigenvalue weighted by atomic mass is 10.5. The van der Waals surface area contributed by atoms with Crippen LogP contribution in [-0.2, 0) is 9.53 Å². The van der Waals surface area contributed by atoms with Crippen molar-refractivity contribution in [1.82, 2.24) is 5.32 Å². The van der Waals surface area contributed by atoms with Crippen molar-refractivity contribution < 1.29 is 9.53 Å². The number of carbonyl (C=O) groups is 1. The Hall–Kier alpha value is -0.990. The molecule has 1 N–H and O–H groups in total. The number of hydrogen-bond donors (Lipinski definition) is 1. The van der Waals surface area contributed by atoms with Crippen LogP contribution in [0, 0.1) is 0 Å². The van der Waals surface area contributed by atoms with E-state index in [0.717, 1.165) is 0 Å². The fourth-order valence-electron chi connectivity index (χ4n) is 0.352. The second-order valence-electron chi connectivity index (χ2n) is 1.49. The Morgan fingerprint density at radius 1 is 1.78 bits per heavy atom. The maximum Gasteiger partial charge on any atom is 0.285 e. The van der Waals surface area contributed by atoms with Gasteiger partial charge < -0.3 is 10.1 Å². The third-order valence-electron chi connectivity index (χ3n) is 0.837. The van der Waals surface area contributed by atoms with Crippen LogP contribution in [0.1, 0.15) is 6.92 Å². The van der Waals surface area contributed by atoms with Crippen molar-refractivity contribution in [2.75, 3.05) is 13.7 Å². The standard InChI is InChI=1S/C6H11NO2/c1-4-7-6(8)5(2)9-3/h2,4H2,1,3H3,(H,7,8). The van der Waals surface area contributed by atoms with Gasteiger partial charge in [0, 0.05) is 6.54 Å². The molecule has 0 aliphatic rings. The van der Waals surface area contributed by atoms with Crippen LogP contribution in [0.5, 0.6) is 0 Å². The average molecular weight is 129 g/mol. The van der Waals surface area contributed by atoms with Gasteiger partial charge in [0.05, 0.1) is 7.11 Å². The van der Waals surface area contributed by atoms with E-state index < -0.39 is 0 Å². The summed E-state index contributed by atoms with van der Waals surface area (Å²) >= 11 is 0. The second kappa shape index (κ2) is 3.95. The fourth-order valence-corrected chi connectivity index (χ4v) is 0.352. The van der Waals surface area contributed by atoms with Gasteiger partial charge in [0.1, 0.15) is 0 Å². The highest BCUT2D eigenvalue weighted by atomic mass is 16.5. The van der Waals surface area contributed by atoms with E-state index >= 15 is 0 Å². The Labute approximate surface area is 54.7 Å². The van der Waals surface area contributed by atoms with Crippen molar-refractivity contribution in [3.05, 3.63) is 12.3 Å². The first-order valence-electron chi connectivity index (χ1n) is 2.73. The molecule has 9 heavy (non-hydrogen) atoms. The molecule has 0 heterocycles. The highest BCUT2D eigenvalue weighted by Gasteiger charge is 2.02. The predicted octanol–water partition coefficient (Wildman–Crippen LogP) is 0.283. The number of hydrogen-bond acceptors (Lipinski definition) is 2. The van der Waals surface area contributed by atoms with Crippen molar-refractivity contribution in [3.8, 4) is 0 Å². The zero-order valence-corrected chi connectivity index (χ0v) is 5.73. The maximum absolute atomic E-state index is 10.6. The summed E-state index contributed by atoms with van der Waals surface area (Å²) in [5, 5.41) is 2.53. The van der Waals surface area contributed by atoms with E-state index in [4.69, 9.17) is 0 Å². The van der Waals surface area contributed by atoms with Crippen molar-refractivity contribution in [2.24, 2.45) is 0 Å². The summed E-state index contributed by atoms with van der Waals surface area (Å²) < 4.78 is 4.56. The first-order chi connectivity index (χ1) is 4.22. The van der Waals surface area contributed by atoms with Gasteiger partial charge in [-0.1, -0.05) is 6.58 Å². The van der Waals surface area contributed by atoms with Crippen molar-refractivity contribution in [1.29, 1.82) is 0 Å². The summed E-state index contributed by atoms with van der Waals surface area (Å²) in [6.45, 7) is 5.79. The van der Waals surface area contributed by atoms with Crippen molar-refractivity contribution in [3.63, 3.8) is 0 Å². The third-order valence-corrected chi connectivity index (χ3v) is 0.837. The van der Waals surface area contributed by atoms with Gasteiger partial charge in [0.15, 0.2) is 5.76 Å². The third kappa shape index (κ3) is 2.74. The maximum atomic E-state index is 10.6. The van der Waals surface area contributed by atoms with Crippen LogP contribution in [0.2, 0.25) is 0 Å². The van der Waals surface area contributed by atoms with E-state index in [1.807, 2.05) is 6.92 Å². The van der Waals surface area contributed by atoms with E-state index in [-0.39, 0.29) is 11.7 Å². The van der Waals surface area contributed by atoms with Crippen LogP contribution in [0.25, 0.3) is 0 Å². The Bertz CT molecular complexity index is 120. The van der Waals surface area contributed by atoms with E-state index in [1.54, 1.807) is 0 Å². The molecule has 0 rings (SSSR count). The smallest absolute Gasteiger partial charge is 0.285 e. The molecule has 0 spiro atoms. The summed E-state index contributed by atoms with van der Waals surface area (Å²) in [6.07, 6.45) is 0. The molecule has 52 valence electrons. The molecule has 0 saturated carbocycles. The number of likely N-dealkylation sites (N-methyl/N-ethyl adjacent to an activating group) is 1. The van der Waals surface area contributed by atoms with Gasteiger partial charge in [-0.2, -0.15) is 0 Å². The fraction of sp³-hybridized carbons (Fsp3) is 0.500. The van der Waals surface area contributed by atoms with Crippen LogP contribution in [0.15, 0.2) is 12.3 Å². The molecule has 0 aliphatic carbocycles. The average Bonchev–Trinajstić information content (AvgIpc) is 1.87. The topological polar surface area (TPSA) is 38.3 Å². The molecule has 3 nitrogen and oxygen atoms in total. The van der Waals surface area contributed by atoms with Gasteiger partial charge in [-0.3, -0.25) is 4.79 Å². The molecule has 0 bridgehead atoms. The summed E-state index contributed by atoms with van der Waals surface area (Å²) in [5.41, 5.74) is 0.